The Morgan fingerprint density at radius 1 is 1.10 bits per heavy atom. The van der Waals surface area contributed by atoms with Gasteiger partial charge in [0.1, 0.15) is 6.54 Å². The largest absolute Gasteiger partial charge is 0.352 e. The lowest BCUT2D eigenvalue weighted by Gasteiger charge is -2.28. The molecule has 30 heavy (non-hydrogen) atoms. The number of carbonyl (C=O) groups excluding carboxylic acids is 1. The lowest BCUT2D eigenvalue weighted by molar-refractivity contribution is -0.120. The topological polar surface area (TPSA) is 66.5 Å². The van der Waals surface area contributed by atoms with Crippen LogP contribution in [-0.4, -0.2) is 26.9 Å². The molecule has 0 spiro atoms. The normalized spacial score (nSPS) is 22.8. The second kappa shape index (κ2) is 8.40. The molecule has 2 aromatic rings. The quantitative estimate of drug-likeness (QED) is 0.664. The highest BCUT2D eigenvalue weighted by molar-refractivity contribution is 7.92. The number of nitrogens with zero attached hydrogens (tertiary/aromatic N) is 1. The van der Waals surface area contributed by atoms with E-state index >= 15 is 0 Å². The number of rotatable bonds is 6. The van der Waals surface area contributed by atoms with E-state index in [2.05, 4.69) is 5.32 Å². The summed E-state index contributed by atoms with van der Waals surface area (Å²) in [5.41, 5.74) is 1.13. The number of fused-ring (bicyclic) bond motifs is 2. The van der Waals surface area contributed by atoms with Crippen LogP contribution in [0.25, 0.3) is 0 Å². The minimum Gasteiger partial charge on any atom is -0.352 e. The maximum Gasteiger partial charge on any atom is 0.264 e. The van der Waals surface area contributed by atoms with Gasteiger partial charge in [-0.3, -0.25) is 9.10 Å². The van der Waals surface area contributed by atoms with E-state index in [0.29, 0.717) is 16.9 Å². The van der Waals surface area contributed by atoms with Gasteiger partial charge in [-0.1, -0.05) is 47.3 Å². The van der Waals surface area contributed by atoms with Crippen molar-refractivity contribution in [2.75, 3.05) is 10.8 Å². The van der Waals surface area contributed by atoms with Crippen LogP contribution in [0.4, 0.5) is 5.69 Å². The molecule has 5 nitrogen and oxygen atoms in total. The van der Waals surface area contributed by atoms with Crippen molar-refractivity contribution in [3.8, 4) is 0 Å². The van der Waals surface area contributed by atoms with Crippen LogP contribution in [0.1, 0.15) is 31.2 Å². The molecular weight excluding hydrogens is 443 g/mol. The summed E-state index contributed by atoms with van der Waals surface area (Å²) in [7, 11) is -4.02. The van der Waals surface area contributed by atoms with Crippen LogP contribution in [-0.2, 0) is 14.8 Å². The lowest BCUT2D eigenvalue weighted by atomic mass is 9.95. The van der Waals surface area contributed by atoms with E-state index in [4.69, 9.17) is 23.2 Å². The molecule has 4 rings (SSSR count). The summed E-state index contributed by atoms with van der Waals surface area (Å²) >= 11 is 12.4. The fourth-order valence-corrected chi connectivity index (χ4v) is 6.49. The van der Waals surface area contributed by atoms with Crippen LogP contribution in [0, 0.1) is 18.8 Å². The summed E-state index contributed by atoms with van der Waals surface area (Å²) in [4.78, 5) is 13.0. The molecule has 0 heterocycles. The predicted octanol–water partition coefficient (Wildman–Crippen LogP) is 4.80. The second-order valence-electron chi connectivity index (χ2n) is 8.27. The summed E-state index contributed by atoms with van der Waals surface area (Å²) in [6.45, 7) is 1.52. The molecule has 8 heteroatoms. The molecule has 1 N–H and O–H groups in total. The zero-order valence-corrected chi connectivity index (χ0v) is 19.0. The Morgan fingerprint density at radius 2 is 1.83 bits per heavy atom. The third-order valence-corrected chi connectivity index (χ3v) is 8.49. The molecule has 2 saturated carbocycles. The zero-order chi connectivity index (χ0) is 21.5. The molecule has 0 aromatic heterocycles. The van der Waals surface area contributed by atoms with Gasteiger partial charge in [-0.15, -0.1) is 0 Å². The first kappa shape index (κ1) is 21.5. The van der Waals surface area contributed by atoms with Gasteiger partial charge < -0.3 is 5.32 Å². The maximum atomic E-state index is 13.5. The van der Waals surface area contributed by atoms with Gasteiger partial charge in [0, 0.05) is 11.1 Å². The summed E-state index contributed by atoms with van der Waals surface area (Å²) < 4.78 is 28.0. The number of hydrogen-bond acceptors (Lipinski definition) is 3. The third kappa shape index (κ3) is 4.32. The minimum atomic E-state index is -4.02. The van der Waals surface area contributed by atoms with Crippen molar-refractivity contribution < 1.29 is 13.2 Å². The van der Waals surface area contributed by atoms with Gasteiger partial charge in [0.15, 0.2) is 0 Å². The van der Waals surface area contributed by atoms with Gasteiger partial charge in [-0.2, -0.15) is 0 Å². The summed E-state index contributed by atoms with van der Waals surface area (Å²) in [5, 5.41) is 3.61. The minimum absolute atomic E-state index is 0.0943. The molecule has 0 saturated heterocycles. The Labute approximate surface area is 187 Å². The van der Waals surface area contributed by atoms with E-state index < -0.39 is 10.0 Å². The highest BCUT2D eigenvalue weighted by atomic mass is 35.5. The van der Waals surface area contributed by atoms with E-state index in [1.807, 2.05) is 6.92 Å². The molecular formula is C22H24Cl2N2O3S. The van der Waals surface area contributed by atoms with Crippen LogP contribution in [0.3, 0.4) is 0 Å². The van der Waals surface area contributed by atoms with E-state index in [1.165, 1.54) is 30.7 Å². The maximum absolute atomic E-state index is 13.5. The molecule has 0 aliphatic heterocycles. The number of amides is 1. The Bertz CT molecular complexity index is 1060. The van der Waals surface area contributed by atoms with Gasteiger partial charge in [0.25, 0.3) is 10.0 Å². The Kier molecular flexibility index (Phi) is 6.02. The number of hydrogen-bond donors (Lipinski definition) is 1. The van der Waals surface area contributed by atoms with Crippen molar-refractivity contribution in [2.24, 2.45) is 11.8 Å². The average Bonchev–Trinajstić information content (AvgIpc) is 3.31. The van der Waals surface area contributed by atoms with Crippen LogP contribution in [0.15, 0.2) is 47.4 Å². The Morgan fingerprint density at radius 3 is 2.47 bits per heavy atom. The van der Waals surface area contributed by atoms with Crippen molar-refractivity contribution in [3.63, 3.8) is 0 Å². The molecule has 2 aromatic carbocycles. The Balaban J connectivity index is 1.64. The third-order valence-electron chi connectivity index (χ3n) is 6.16. The standard InChI is InChI=1S/C22H24Cl2N2O3S/c1-14-2-7-18(8-3-14)30(28,29)26(21-12-17(23)6-9-19(21)24)13-22(27)25-20-11-15-4-5-16(20)10-15/h2-3,6-9,12,15-16,20H,4-5,10-11,13H2,1H3,(H,25,27)/t15-,16-,20-/m1/s1. The smallest absolute Gasteiger partial charge is 0.264 e. The van der Waals surface area contributed by atoms with Gasteiger partial charge >= 0.3 is 0 Å². The van der Waals surface area contributed by atoms with E-state index in [9.17, 15) is 13.2 Å². The van der Waals surface area contributed by atoms with Gasteiger partial charge in [-0.05, 0) is 68.4 Å². The number of carbonyl (C=O) groups is 1. The second-order valence-corrected chi connectivity index (χ2v) is 11.0. The molecule has 2 bridgehead atoms. The number of nitrogens with one attached hydrogen (secondary N) is 1. The molecule has 2 fully saturated rings. The fourth-order valence-electron chi connectivity index (χ4n) is 4.62. The van der Waals surface area contributed by atoms with E-state index in [-0.39, 0.29) is 34.1 Å². The number of sulfonamides is 1. The first-order chi connectivity index (χ1) is 14.2. The molecule has 2 aliphatic carbocycles. The lowest BCUT2D eigenvalue weighted by Crippen LogP contribution is -2.46. The molecule has 0 radical (unpaired) electrons. The van der Waals surface area contributed by atoms with Crippen LogP contribution in [0.2, 0.25) is 10.0 Å². The zero-order valence-electron chi connectivity index (χ0n) is 16.6. The number of aryl methyl sites for hydroxylation is 1. The summed E-state index contributed by atoms with van der Waals surface area (Å²) in [5.74, 6) is 0.838. The van der Waals surface area contributed by atoms with Gasteiger partial charge in [0.2, 0.25) is 5.91 Å². The number of benzene rings is 2. The van der Waals surface area contributed by atoms with E-state index in [1.54, 1.807) is 18.2 Å². The SMILES string of the molecule is Cc1ccc(S(=O)(=O)N(CC(=O)N[C@@H]2C[C@@H]3CC[C@@H]2C3)c2cc(Cl)ccc2Cl)cc1. The molecule has 0 unspecified atom stereocenters. The van der Waals surface area contributed by atoms with Gasteiger partial charge in [-0.25, -0.2) is 8.42 Å². The highest BCUT2D eigenvalue weighted by Gasteiger charge is 2.40. The van der Waals surface area contributed by atoms with Crippen molar-refractivity contribution >= 4 is 44.8 Å². The van der Waals surface area contributed by atoms with E-state index in [0.717, 1.165) is 29.1 Å². The van der Waals surface area contributed by atoms with Crippen LogP contribution >= 0.6 is 23.2 Å². The molecule has 160 valence electrons. The molecule has 2 aliphatic rings. The monoisotopic (exact) mass is 466 g/mol. The average molecular weight is 467 g/mol. The number of anilines is 1. The number of halogens is 2. The Hall–Kier alpha value is -1.76. The van der Waals surface area contributed by atoms with Crippen LogP contribution < -0.4 is 9.62 Å². The first-order valence-corrected chi connectivity index (χ1v) is 12.3. The van der Waals surface area contributed by atoms with Gasteiger partial charge in [0.05, 0.1) is 15.6 Å². The molecule has 1 amide bonds. The van der Waals surface area contributed by atoms with Crippen LogP contribution in [0.5, 0.6) is 0 Å². The summed E-state index contributed by atoms with van der Waals surface area (Å²) in [6, 6.07) is 11.2. The highest BCUT2D eigenvalue weighted by Crippen LogP contribution is 2.44. The fraction of sp³-hybridized carbons (Fsp3) is 0.409. The van der Waals surface area contributed by atoms with Crippen molar-refractivity contribution in [1.29, 1.82) is 0 Å². The van der Waals surface area contributed by atoms with Crippen molar-refractivity contribution in [2.45, 2.75) is 43.5 Å². The van der Waals surface area contributed by atoms with Crippen molar-refractivity contribution in [3.05, 3.63) is 58.1 Å². The van der Waals surface area contributed by atoms with Crippen molar-refractivity contribution in [1.82, 2.24) is 5.32 Å². The first-order valence-electron chi connectivity index (χ1n) is 10.1. The predicted molar refractivity (Wildman–Crippen MR) is 120 cm³/mol. The summed E-state index contributed by atoms with van der Waals surface area (Å²) in [6.07, 6.45) is 4.47. The molecule has 3 atom stereocenters.